The lowest BCUT2D eigenvalue weighted by molar-refractivity contribution is -0.149. The summed E-state index contributed by atoms with van der Waals surface area (Å²) in [4.78, 5) is 21.7. The summed E-state index contributed by atoms with van der Waals surface area (Å²) in [6.45, 7) is 3.98. The van der Waals surface area contributed by atoms with Gasteiger partial charge in [-0.25, -0.2) is 9.50 Å². The van der Waals surface area contributed by atoms with Crippen LogP contribution in [0.2, 0.25) is 5.02 Å². The molecular weight excluding hydrogens is 400 g/mol. The van der Waals surface area contributed by atoms with E-state index in [-0.39, 0.29) is 5.97 Å². The molecule has 0 aliphatic rings. The summed E-state index contributed by atoms with van der Waals surface area (Å²) in [6.07, 6.45) is 7.34. The van der Waals surface area contributed by atoms with Crippen LogP contribution in [-0.4, -0.2) is 32.2 Å². The third kappa shape index (κ3) is 3.66. The average molecular weight is 421 g/mol. The highest BCUT2D eigenvalue weighted by atomic mass is 35.5. The lowest BCUT2D eigenvalue weighted by atomic mass is 9.80. The van der Waals surface area contributed by atoms with Crippen LogP contribution in [0.5, 0.6) is 0 Å². The van der Waals surface area contributed by atoms with E-state index in [1.165, 1.54) is 0 Å². The molecular formula is C23H21ClN4O2. The Morgan fingerprint density at radius 3 is 2.53 bits per heavy atom. The zero-order valence-electron chi connectivity index (χ0n) is 16.7. The van der Waals surface area contributed by atoms with Gasteiger partial charge >= 0.3 is 5.97 Å². The molecule has 4 aromatic rings. The predicted octanol–water partition coefficient (Wildman–Crippen LogP) is 4.51. The van der Waals surface area contributed by atoms with Crippen LogP contribution in [0.4, 0.5) is 0 Å². The second kappa shape index (κ2) is 8.24. The van der Waals surface area contributed by atoms with E-state index in [2.05, 4.69) is 15.1 Å². The molecule has 1 unspecified atom stereocenters. The Balaban J connectivity index is 1.85. The van der Waals surface area contributed by atoms with Gasteiger partial charge in [0, 0.05) is 29.2 Å². The number of carbonyl (C=O) groups excluding carboxylic acids is 1. The molecule has 4 rings (SSSR count). The topological polar surface area (TPSA) is 69.4 Å². The molecule has 0 N–H and O–H groups in total. The molecule has 0 radical (unpaired) electrons. The Hall–Kier alpha value is -3.25. The molecule has 3 aromatic heterocycles. The van der Waals surface area contributed by atoms with Crippen LogP contribution in [0.3, 0.4) is 0 Å². The first-order chi connectivity index (χ1) is 14.5. The lowest BCUT2D eigenvalue weighted by Crippen LogP contribution is -2.38. The molecule has 0 amide bonds. The van der Waals surface area contributed by atoms with Gasteiger partial charge in [0.2, 0.25) is 0 Å². The number of nitrogens with zero attached hydrogens (tertiary/aromatic N) is 4. The van der Waals surface area contributed by atoms with Crippen LogP contribution < -0.4 is 0 Å². The van der Waals surface area contributed by atoms with Gasteiger partial charge in [0.1, 0.15) is 5.41 Å². The molecule has 0 fully saturated rings. The number of pyridine rings is 1. The number of benzene rings is 1. The van der Waals surface area contributed by atoms with Crippen LogP contribution in [0.15, 0.2) is 67.3 Å². The second-order valence-electron chi connectivity index (χ2n) is 7.22. The number of fused-ring (bicyclic) bond motifs is 1. The van der Waals surface area contributed by atoms with Gasteiger partial charge in [0.05, 0.1) is 18.5 Å². The largest absolute Gasteiger partial charge is 0.465 e. The van der Waals surface area contributed by atoms with Crippen LogP contribution in [0, 0.1) is 0 Å². The number of esters is 1. The van der Waals surface area contributed by atoms with E-state index in [1.807, 2.05) is 49.4 Å². The molecule has 3 heterocycles. The predicted molar refractivity (Wildman–Crippen MR) is 115 cm³/mol. The van der Waals surface area contributed by atoms with Crippen molar-refractivity contribution in [2.24, 2.45) is 0 Å². The van der Waals surface area contributed by atoms with Crippen molar-refractivity contribution in [1.29, 1.82) is 0 Å². The number of rotatable bonds is 6. The van der Waals surface area contributed by atoms with E-state index in [0.717, 1.165) is 16.7 Å². The third-order valence-corrected chi connectivity index (χ3v) is 5.41. The van der Waals surface area contributed by atoms with Crippen LogP contribution in [-0.2, 0) is 21.4 Å². The van der Waals surface area contributed by atoms with E-state index in [9.17, 15) is 4.79 Å². The normalized spacial score (nSPS) is 13.2. The summed E-state index contributed by atoms with van der Waals surface area (Å²) in [6, 6.07) is 13.1. The van der Waals surface area contributed by atoms with Gasteiger partial charge in [-0.2, -0.15) is 5.10 Å². The molecule has 6 nitrogen and oxygen atoms in total. The molecule has 1 atom stereocenters. The molecule has 0 bridgehead atoms. The fraction of sp³-hybridized carbons (Fsp3) is 0.217. The summed E-state index contributed by atoms with van der Waals surface area (Å²) < 4.78 is 7.18. The van der Waals surface area contributed by atoms with Crippen molar-refractivity contribution in [3.05, 3.63) is 83.5 Å². The maximum atomic E-state index is 13.1. The van der Waals surface area contributed by atoms with Gasteiger partial charge in [0.25, 0.3) is 0 Å². The minimum absolute atomic E-state index is 0.300. The second-order valence-corrected chi connectivity index (χ2v) is 7.65. The van der Waals surface area contributed by atoms with Crippen molar-refractivity contribution in [2.75, 3.05) is 6.61 Å². The van der Waals surface area contributed by atoms with E-state index in [0.29, 0.717) is 29.4 Å². The quantitative estimate of drug-likeness (QED) is 0.429. The number of ether oxygens (including phenoxy) is 1. The zero-order chi connectivity index (χ0) is 21.1. The van der Waals surface area contributed by atoms with Crippen molar-refractivity contribution >= 4 is 23.2 Å². The van der Waals surface area contributed by atoms with Gasteiger partial charge in [-0.15, -0.1) is 0 Å². The fourth-order valence-corrected chi connectivity index (χ4v) is 3.73. The maximum absolute atomic E-state index is 13.1. The van der Waals surface area contributed by atoms with Gasteiger partial charge < -0.3 is 4.74 Å². The summed E-state index contributed by atoms with van der Waals surface area (Å²) >= 11 is 6.03. The molecule has 0 aliphatic heterocycles. The minimum Gasteiger partial charge on any atom is -0.465 e. The molecule has 0 saturated carbocycles. The van der Waals surface area contributed by atoms with Crippen molar-refractivity contribution in [3.63, 3.8) is 0 Å². The Morgan fingerprint density at radius 1 is 1.10 bits per heavy atom. The SMILES string of the molecule is CCOC(=O)C(C)(Cc1ccncc1)c1ccnc2c(-c3ccc(Cl)cc3)cnn12. The summed E-state index contributed by atoms with van der Waals surface area (Å²) in [5.74, 6) is -0.308. The molecule has 0 aliphatic carbocycles. The molecule has 152 valence electrons. The highest BCUT2D eigenvalue weighted by Gasteiger charge is 2.39. The van der Waals surface area contributed by atoms with E-state index in [1.54, 1.807) is 36.2 Å². The minimum atomic E-state index is -0.957. The zero-order valence-corrected chi connectivity index (χ0v) is 17.5. The Labute approximate surface area is 179 Å². The van der Waals surface area contributed by atoms with Crippen LogP contribution in [0.25, 0.3) is 16.8 Å². The maximum Gasteiger partial charge on any atom is 0.318 e. The van der Waals surface area contributed by atoms with E-state index >= 15 is 0 Å². The highest BCUT2D eigenvalue weighted by molar-refractivity contribution is 6.30. The molecule has 1 aromatic carbocycles. The Bertz CT molecular complexity index is 1180. The average Bonchev–Trinajstić information content (AvgIpc) is 3.19. The number of hydrogen-bond donors (Lipinski definition) is 0. The number of aromatic nitrogens is 4. The fourth-order valence-electron chi connectivity index (χ4n) is 3.61. The summed E-state index contributed by atoms with van der Waals surface area (Å²) in [5, 5.41) is 5.23. The van der Waals surface area contributed by atoms with Crippen LogP contribution >= 0.6 is 11.6 Å². The molecule has 7 heteroatoms. The highest BCUT2D eigenvalue weighted by Crippen LogP contribution is 2.32. The first-order valence-corrected chi connectivity index (χ1v) is 10.1. The Morgan fingerprint density at radius 2 is 1.83 bits per heavy atom. The molecule has 0 saturated heterocycles. The van der Waals surface area contributed by atoms with Crippen molar-refractivity contribution in [3.8, 4) is 11.1 Å². The smallest absolute Gasteiger partial charge is 0.318 e. The van der Waals surface area contributed by atoms with Crippen molar-refractivity contribution < 1.29 is 9.53 Å². The van der Waals surface area contributed by atoms with Crippen LogP contribution in [0.1, 0.15) is 25.1 Å². The van der Waals surface area contributed by atoms with E-state index < -0.39 is 5.41 Å². The molecule has 0 spiro atoms. The third-order valence-electron chi connectivity index (χ3n) is 5.15. The standard InChI is InChI=1S/C23H21ClN4O2/c1-3-30-22(29)23(2,14-16-8-11-25-12-9-16)20-10-13-26-21-19(15-27-28(20)21)17-4-6-18(24)7-5-17/h4-13,15H,3,14H2,1-2H3. The first-order valence-electron chi connectivity index (χ1n) is 9.68. The van der Waals surface area contributed by atoms with Crippen molar-refractivity contribution in [1.82, 2.24) is 19.6 Å². The number of halogens is 1. The Kier molecular flexibility index (Phi) is 5.50. The summed E-state index contributed by atoms with van der Waals surface area (Å²) in [7, 11) is 0. The van der Waals surface area contributed by atoms with Gasteiger partial charge in [0.15, 0.2) is 5.65 Å². The van der Waals surface area contributed by atoms with Gasteiger partial charge in [-0.3, -0.25) is 9.78 Å². The van der Waals surface area contributed by atoms with Gasteiger partial charge in [-0.1, -0.05) is 23.7 Å². The number of carbonyl (C=O) groups is 1. The summed E-state index contributed by atoms with van der Waals surface area (Å²) in [5.41, 5.74) is 3.22. The van der Waals surface area contributed by atoms with Crippen molar-refractivity contribution in [2.45, 2.75) is 25.7 Å². The number of hydrogen-bond acceptors (Lipinski definition) is 5. The lowest BCUT2D eigenvalue weighted by Gasteiger charge is -2.28. The first kappa shape index (κ1) is 20.0. The van der Waals surface area contributed by atoms with Gasteiger partial charge in [-0.05, 0) is 61.7 Å². The molecule has 30 heavy (non-hydrogen) atoms. The monoisotopic (exact) mass is 420 g/mol. The van der Waals surface area contributed by atoms with E-state index in [4.69, 9.17) is 16.3 Å².